The zero-order valence-electron chi connectivity index (χ0n) is 17.7. The lowest BCUT2D eigenvalue weighted by Crippen LogP contribution is -2.57. The molecule has 0 radical (unpaired) electrons. The van der Waals surface area contributed by atoms with Crippen molar-refractivity contribution in [2.24, 2.45) is 4.99 Å². The fourth-order valence-corrected chi connectivity index (χ4v) is 3.61. The molecule has 1 aromatic carbocycles. The van der Waals surface area contributed by atoms with Crippen LogP contribution in [0.15, 0.2) is 29.3 Å². The number of hydrogen-bond acceptors (Lipinski definition) is 4. The van der Waals surface area contributed by atoms with E-state index < -0.39 is 0 Å². The second-order valence-corrected chi connectivity index (χ2v) is 7.50. The third-order valence-electron chi connectivity index (χ3n) is 5.60. The summed E-state index contributed by atoms with van der Waals surface area (Å²) < 4.78 is 5.56. The molecule has 2 N–H and O–H groups in total. The van der Waals surface area contributed by atoms with Gasteiger partial charge in [0.25, 0.3) is 0 Å². The Labute approximate surface area is 165 Å². The van der Waals surface area contributed by atoms with Gasteiger partial charge in [0.05, 0.1) is 0 Å². The summed E-state index contributed by atoms with van der Waals surface area (Å²) in [5.41, 5.74) is 2.70. The van der Waals surface area contributed by atoms with Crippen LogP contribution in [0.1, 0.15) is 25.3 Å². The van der Waals surface area contributed by atoms with Gasteiger partial charge < -0.3 is 25.2 Å². The van der Waals surface area contributed by atoms with E-state index in [1.807, 2.05) is 7.05 Å². The highest BCUT2D eigenvalue weighted by Crippen LogP contribution is 2.25. The minimum absolute atomic E-state index is 0.132. The summed E-state index contributed by atoms with van der Waals surface area (Å²) in [6.45, 7) is 9.63. The van der Waals surface area contributed by atoms with Crippen molar-refractivity contribution in [3.8, 4) is 0 Å². The lowest BCUT2D eigenvalue weighted by Gasteiger charge is -2.43. The topological polar surface area (TPSA) is 52.1 Å². The first-order valence-electron chi connectivity index (χ1n) is 10.0. The van der Waals surface area contributed by atoms with Crippen molar-refractivity contribution < 1.29 is 4.74 Å². The SMILES string of the molecule is CCN(CCNC(=NC)NCC1(N(C)C)CCOCC1)c1cccc(C)c1. The lowest BCUT2D eigenvalue weighted by molar-refractivity contribution is -0.00500. The molecule has 0 saturated carbocycles. The molecular weight excluding hydrogens is 338 g/mol. The standard InChI is InChI=1S/C21H37N5O/c1-6-26(19-9-7-8-18(2)16-19)13-12-23-20(22-3)24-17-21(25(4)5)10-14-27-15-11-21/h7-9,16H,6,10-15,17H2,1-5H3,(H2,22,23,24). The summed E-state index contributed by atoms with van der Waals surface area (Å²) in [5, 5.41) is 6.99. The molecule has 152 valence electrons. The molecule has 0 bridgehead atoms. The van der Waals surface area contributed by atoms with Crippen LogP contribution in [-0.4, -0.2) is 76.9 Å². The second-order valence-electron chi connectivity index (χ2n) is 7.50. The number of ether oxygens (including phenoxy) is 1. The molecule has 1 aliphatic heterocycles. The third kappa shape index (κ3) is 6.11. The number of likely N-dealkylation sites (N-methyl/N-ethyl adjacent to an activating group) is 2. The molecule has 27 heavy (non-hydrogen) atoms. The first-order chi connectivity index (χ1) is 13.0. The molecule has 0 aromatic heterocycles. The Morgan fingerprint density at radius 2 is 1.96 bits per heavy atom. The van der Waals surface area contributed by atoms with Crippen LogP contribution in [-0.2, 0) is 4.74 Å². The molecule has 0 atom stereocenters. The van der Waals surface area contributed by atoms with Crippen molar-refractivity contribution in [3.63, 3.8) is 0 Å². The highest BCUT2D eigenvalue weighted by Gasteiger charge is 2.34. The summed E-state index contributed by atoms with van der Waals surface area (Å²) in [6, 6.07) is 8.67. The van der Waals surface area contributed by atoms with E-state index >= 15 is 0 Å². The van der Waals surface area contributed by atoms with Gasteiger partial charge in [-0.25, -0.2) is 0 Å². The Balaban J connectivity index is 1.84. The van der Waals surface area contributed by atoms with Crippen LogP contribution in [0.25, 0.3) is 0 Å². The number of nitrogens with one attached hydrogen (secondary N) is 2. The summed E-state index contributed by atoms with van der Waals surface area (Å²) in [6.07, 6.45) is 2.09. The molecule has 6 nitrogen and oxygen atoms in total. The second kappa shape index (κ2) is 10.5. The van der Waals surface area contributed by atoms with Gasteiger partial charge in [-0.05, 0) is 58.5 Å². The van der Waals surface area contributed by atoms with Crippen molar-refractivity contribution in [1.29, 1.82) is 0 Å². The third-order valence-corrected chi connectivity index (χ3v) is 5.60. The quantitative estimate of drug-likeness (QED) is 0.538. The fourth-order valence-electron chi connectivity index (χ4n) is 3.61. The molecule has 0 aliphatic carbocycles. The fraction of sp³-hybridized carbons (Fsp3) is 0.667. The zero-order chi connectivity index (χ0) is 19.7. The summed E-state index contributed by atoms with van der Waals surface area (Å²) in [4.78, 5) is 9.11. The van der Waals surface area contributed by atoms with E-state index in [4.69, 9.17) is 4.74 Å². The average Bonchev–Trinajstić information content (AvgIpc) is 2.68. The minimum Gasteiger partial charge on any atom is -0.381 e. The van der Waals surface area contributed by atoms with Gasteiger partial charge in [-0.3, -0.25) is 4.99 Å². The van der Waals surface area contributed by atoms with Crippen molar-refractivity contribution in [2.45, 2.75) is 32.2 Å². The summed E-state index contributed by atoms with van der Waals surface area (Å²) >= 11 is 0. The Kier molecular flexibility index (Phi) is 8.38. The van der Waals surface area contributed by atoms with Crippen LogP contribution < -0.4 is 15.5 Å². The highest BCUT2D eigenvalue weighted by molar-refractivity contribution is 5.79. The van der Waals surface area contributed by atoms with Crippen molar-refractivity contribution in [1.82, 2.24) is 15.5 Å². The van der Waals surface area contributed by atoms with Crippen molar-refractivity contribution in [3.05, 3.63) is 29.8 Å². The van der Waals surface area contributed by atoms with E-state index in [1.165, 1.54) is 11.3 Å². The molecule has 0 spiro atoms. The summed E-state index contributed by atoms with van der Waals surface area (Å²) in [7, 11) is 6.15. The van der Waals surface area contributed by atoms with Gasteiger partial charge in [-0.15, -0.1) is 0 Å². The Morgan fingerprint density at radius 3 is 2.56 bits per heavy atom. The summed E-state index contributed by atoms with van der Waals surface area (Å²) in [5.74, 6) is 0.864. The number of hydrogen-bond donors (Lipinski definition) is 2. The molecule has 1 aliphatic rings. The van der Waals surface area contributed by atoms with Gasteiger partial charge in [-0.1, -0.05) is 12.1 Å². The maximum absolute atomic E-state index is 5.56. The van der Waals surface area contributed by atoms with Crippen LogP contribution >= 0.6 is 0 Å². The van der Waals surface area contributed by atoms with Crippen LogP contribution in [0.5, 0.6) is 0 Å². The van der Waals surface area contributed by atoms with E-state index in [-0.39, 0.29) is 5.54 Å². The first kappa shape index (κ1) is 21.5. The number of aryl methyl sites for hydroxylation is 1. The van der Waals surface area contributed by atoms with Gasteiger partial charge in [0.1, 0.15) is 0 Å². The molecule has 0 amide bonds. The van der Waals surface area contributed by atoms with Gasteiger partial charge in [0.2, 0.25) is 0 Å². The van der Waals surface area contributed by atoms with Gasteiger partial charge in [0, 0.05) is 57.7 Å². The zero-order valence-corrected chi connectivity index (χ0v) is 17.7. The van der Waals surface area contributed by atoms with Crippen LogP contribution in [0.4, 0.5) is 5.69 Å². The van der Waals surface area contributed by atoms with E-state index in [0.29, 0.717) is 0 Å². The monoisotopic (exact) mass is 375 g/mol. The minimum atomic E-state index is 0.132. The molecule has 1 aromatic rings. The number of benzene rings is 1. The number of anilines is 1. The normalized spacial score (nSPS) is 17.0. The molecule has 2 rings (SSSR count). The molecule has 0 unspecified atom stereocenters. The molecule has 6 heteroatoms. The Bertz CT molecular complexity index is 596. The van der Waals surface area contributed by atoms with E-state index in [1.54, 1.807) is 0 Å². The number of aliphatic imine (C=N–C) groups is 1. The lowest BCUT2D eigenvalue weighted by atomic mass is 9.88. The van der Waals surface area contributed by atoms with Crippen LogP contribution in [0.2, 0.25) is 0 Å². The van der Waals surface area contributed by atoms with Crippen molar-refractivity contribution in [2.75, 3.05) is 65.4 Å². The van der Waals surface area contributed by atoms with Crippen molar-refractivity contribution >= 4 is 11.6 Å². The molecule has 1 heterocycles. The number of guanidine groups is 1. The van der Waals surface area contributed by atoms with E-state index in [9.17, 15) is 0 Å². The van der Waals surface area contributed by atoms with E-state index in [2.05, 4.69) is 77.6 Å². The molecule has 1 fully saturated rings. The van der Waals surface area contributed by atoms with Gasteiger partial charge in [-0.2, -0.15) is 0 Å². The van der Waals surface area contributed by atoms with Crippen LogP contribution in [0.3, 0.4) is 0 Å². The highest BCUT2D eigenvalue weighted by atomic mass is 16.5. The molecule has 1 saturated heterocycles. The number of rotatable bonds is 8. The van der Waals surface area contributed by atoms with Crippen LogP contribution in [0, 0.1) is 6.92 Å². The first-order valence-corrected chi connectivity index (χ1v) is 10.0. The average molecular weight is 376 g/mol. The Morgan fingerprint density at radius 1 is 1.22 bits per heavy atom. The maximum atomic E-state index is 5.56. The maximum Gasteiger partial charge on any atom is 0.191 e. The van der Waals surface area contributed by atoms with E-state index in [0.717, 1.165) is 58.2 Å². The predicted octanol–water partition coefficient (Wildman–Crippen LogP) is 2.10. The number of nitrogens with zero attached hydrogens (tertiary/aromatic N) is 3. The van der Waals surface area contributed by atoms with Gasteiger partial charge >= 0.3 is 0 Å². The Hall–Kier alpha value is -1.79. The predicted molar refractivity (Wildman–Crippen MR) is 115 cm³/mol. The molecular formula is C21H37N5O. The smallest absolute Gasteiger partial charge is 0.191 e. The van der Waals surface area contributed by atoms with Gasteiger partial charge in [0.15, 0.2) is 5.96 Å². The largest absolute Gasteiger partial charge is 0.381 e.